The Hall–Kier alpha value is -3.72. The molecule has 1 saturated heterocycles. The Bertz CT molecular complexity index is 1190. The number of aryl methyl sites for hydroxylation is 2. The monoisotopic (exact) mass is 479 g/mol. The number of amides is 2. The smallest absolute Gasteiger partial charge is 0.227 e. The lowest BCUT2D eigenvalue weighted by Crippen LogP contribution is -2.35. The summed E-state index contributed by atoms with van der Waals surface area (Å²) in [6.45, 7) is 5.04. The lowest BCUT2D eigenvalue weighted by molar-refractivity contribution is -0.126. The predicted octanol–water partition coefficient (Wildman–Crippen LogP) is 3.47. The number of nitrogens with zero attached hydrogens (tertiary/aromatic N) is 4. The topological polar surface area (TPSA) is 112 Å². The van der Waals surface area contributed by atoms with Gasteiger partial charge in [0.25, 0.3) is 0 Å². The van der Waals surface area contributed by atoms with Crippen LogP contribution < -0.4 is 20.9 Å². The molecule has 2 amide bonds. The van der Waals surface area contributed by atoms with Crippen LogP contribution in [-0.4, -0.2) is 46.4 Å². The molecule has 0 bridgehead atoms. The van der Waals surface area contributed by atoms with Crippen LogP contribution in [0.15, 0.2) is 48.7 Å². The summed E-state index contributed by atoms with van der Waals surface area (Å²) in [5.41, 5.74) is 1.84. The van der Waals surface area contributed by atoms with Crippen LogP contribution in [-0.2, 0) is 9.59 Å². The number of halogens is 1. The van der Waals surface area contributed by atoms with Crippen molar-refractivity contribution in [2.45, 2.75) is 20.3 Å². The summed E-state index contributed by atoms with van der Waals surface area (Å²) in [4.78, 5) is 39.7. The molecule has 1 fully saturated rings. The second kappa shape index (κ2) is 10.5. The van der Waals surface area contributed by atoms with E-state index in [2.05, 4.69) is 30.9 Å². The standard InChI is InChI=1S/C24H26ClN7O2/c1-15-7-8-26-20(11-15)31-22-13-21(29-16(2)30-22)27-9-10-28-24(34)17-12-23(33)32(14-17)19-5-3-18(25)4-6-19/h3-8,11,13,17H,9-10,12,14H2,1-2H3,(H,28,34)(H2,26,27,29,30,31). The Labute approximate surface area is 203 Å². The Kier molecular flexibility index (Phi) is 7.22. The van der Waals surface area contributed by atoms with E-state index in [9.17, 15) is 9.59 Å². The number of aromatic nitrogens is 3. The molecule has 4 rings (SSSR count). The molecule has 1 atom stereocenters. The molecule has 3 aromatic rings. The highest BCUT2D eigenvalue weighted by Crippen LogP contribution is 2.26. The first-order chi connectivity index (χ1) is 16.4. The highest BCUT2D eigenvalue weighted by molar-refractivity contribution is 6.30. The van der Waals surface area contributed by atoms with E-state index in [4.69, 9.17) is 11.6 Å². The molecule has 9 nitrogen and oxygen atoms in total. The maximum atomic E-state index is 12.6. The van der Waals surface area contributed by atoms with Crippen molar-refractivity contribution in [3.05, 3.63) is 65.1 Å². The first-order valence-electron chi connectivity index (χ1n) is 11.0. The summed E-state index contributed by atoms with van der Waals surface area (Å²) < 4.78 is 0. The van der Waals surface area contributed by atoms with Crippen molar-refractivity contribution >= 4 is 46.6 Å². The Morgan fingerprint density at radius 1 is 1.06 bits per heavy atom. The second-order valence-corrected chi connectivity index (χ2v) is 8.57. The van der Waals surface area contributed by atoms with Gasteiger partial charge in [0.1, 0.15) is 23.3 Å². The number of rotatable bonds is 8. The fourth-order valence-electron chi connectivity index (χ4n) is 3.73. The van der Waals surface area contributed by atoms with Crippen LogP contribution in [0.3, 0.4) is 0 Å². The molecule has 0 spiro atoms. The van der Waals surface area contributed by atoms with Gasteiger partial charge in [-0.05, 0) is 55.8 Å². The average Bonchev–Trinajstić information content (AvgIpc) is 3.18. The second-order valence-electron chi connectivity index (χ2n) is 8.13. The maximum Gasteiger partial charge on any atom is 0.227 e. The van der Waals surface area contributed by atoms with E-state index in [0.29, 0.717) is 47.9 Å². The molecule has 10 heteroatoms. The van der Waals surface area contributed by atoms with Crippen molar-refractivity contribution in [2.75, 3.05) is 35.2 Å². The number of carbonyl (C=O) groups excluding carboxylic acids is 2. The van der Waals surface area contributed by atoms with Gasteiger partial charge in [0.05, 0.1) is 5.92 Å². The van der Waals surface area contributed by atoms with Crippen molar-refractivity contribution in [1.82, 2.24) is 20.3 Å². The van der Waals surface area contributed by atoms with E-state index in [-0.39, 0.29) is 24.2 Å². The molecular formula is C24H26ClN7O2. The molecule has 1 aliphatic heterocycles. The fourth-order valence-corrected chi connectivity index (χ4v) is 3.86. The van der Waals surface area contributed by atoms with Gasteiger partial charge in [0, 0.05) is 49.0 Å². The number of carbonyl (C=O) groups is 2. The summed E-state index contributed by atoms with van der Waals surface area (Å²) in [6.07, 6.45) is 1.93. The summed E-state index contributed by atoms with van der Waals surface area (Å²) >= 11 is 5.92. The minimum absolute atomic E-state index is 0.0693. The van der Waals surface area contributed by atoms with Gasteiger partial charge in [-0.25, -0.2) is 15.0 Å². The quantitative estimate of drug-likeness (QED) is 0.424. The van der Waals surface area contributed by atoms with Crippen LogP contribution in [0.2, 0.25) is 5.02 Å². The SMILES string of the molecule is Cc1ccnc(Nc2cc(NCCNC(=O)C3CC(=O)N(c4ccc(Cl)cc4)C3)nc(C)n2)c1. The predicted molar refractivity (Wildman–Crippen MR) is 132 cm³/mol. The summed E-state index contributed by atoms with van der Waals surface area (Å²) in [7, 11) is 0. The molecule has 3 heterocycles. The Balaban J connectivity index is 1.26. The summed E-state index contributed by atoms with van der Waals surface area (Å²) in [5.74, 6) is 1.98. The molecule has 2 aromatic heterocycles. The number of pyridine rings is 1. The molecule has 34 heavy (non-hydrogen) atoms. The summed E-state index contributed by atoms with van der Waals surface area (Å²) in [6, 6.07) is 12.7. The molecule has 0 aliphatic carbocycles. The Morgan fingerprint density at radius 2 is 1.82 bits per heavy atom. The van der Waals surface area contributed by atoms with Crippen LogP contribution in [0.1, 0.15) is 17.8 Å². The van der Waals surface area contributed by atoms with E-state index in [1.165, 1.54) is 0 Å². The van der Waals surface area contributed by atoms with E-state index < -0.39 is 0 Å². The molecule has 3 N–H and O–H groups in total. The number of nitrogens with one attached hydrogen (secondary N) is 3. The van der Waals surface area contributed by atoms with E-state index >= 15 is 0 Å². The third kappa shape index (κ3) is 5.99. The van der Waals surface area contributed by atoms with Gasteiger partial charge in [0.2, 0.25) is 11.8 Å². The number of hydrogen-bond acceptors (Lipinski definition) is 7. The normalized spacial score (nSPS) is 15.3. The van der Waals surface area contributed by atoms with Gasteiger partial charge in [0.15, 0.2) is 0 Å². The van der Waals surface area contributed by atoms with Crippen LogP contribution in [0, 0.1) is 19.8 Å². The van der Waals surface area contributed by atoms with Gasteiger partial charge < -0.3 is 20.9 Å². The molecule has 1 aliphatic rings. The van der Waals surface area contributed by atoms with Gasteiger partial charge in [-0.15, -0.1) is 0 Å². The maximum absolute atomic E-state index is 12.6. The van der Waals surface area contributed by atoms with Gasteiger partial charge >= 0.3 is 0 Å². The highest BCUT2D eigenvalue weighted by atomic mass is 35.5. The molecule has 1 aromatic carbocycles. The lowest BCUT2D eigenvalue weighted by Gasteiger charge is -2.17. The van der Waals surface area contributed by atoms with Crippen LogP contribution in [0.5, 0.6) is 0 Å². The first kappa shape index (κ1) is 23.4. The van der Waals surface area contributed by atoms with Crippen molar-refractivity contribution < 1.29 is 9.59 Å². The zero-order valence-corrected chi connectivity index (χ0v) is 19.8. The number of benzene rings is 1. The fraction of sp³-hybridized carbons (Fsp3) is 0.292. The molecule has 1 unspecified atom stereocenters. The van der Waals surface area contributed by atoms with Crippen LogP contribution in [0.25, 0.3) is 0 Å². The van der Waals surface area contributed by atoms with Crippen molar-refractivity contribution in [3.63, 3.8) is 0 Å². The third-order valence-electron chi connectivity index (χ3n) is 5.37. The van der Waals surface area contributed by atoms with E-state index in [1.54, 1.807) is 41.4 Å². The first-order valence-corrected chi connectivity index (χ1v) is 11.4. The minimum atomic E-state index is -0.387. The van der Waals surface area contributed by atoms with Crippen LogP contribution in [0.4, 0.5) is 23.1 Å². The zero-order chi connectivity index (χ0) is 24.1. The molecule has 0 radical (unpaired) electrons. The Morgan fingerprint density at radius 3 is 2.59 bits per heavy atom. The highest BCUT2D eigenvalue weighted by Gasteiger charge is 2.34. The molecular weight excluding hydrogens is 454 g/mol. The minimum Gasteiger partial charge on any atom is -0.368 e. The van der Waals surface area contributed by atoms with E-state index in [0.717, 1.165) is 11.3 Å². The van der Waals surface area contributed by atoms with Crippen molar-refractivity contribution in [1.29, 1.82) is 0 Å². The average molecular weight is 480 g/mol. The van der Waals surface area contributed by atoms with Gasteiger partial charge in [-0.2, -0.15) is 0 Å². The van der Waals surface area contributed by atoms with Crippen molar-refractivity contribution in [2.24, 2.45) is 5.92 Å². The molecule has 176 valence electrons. The van der Waals surface area contributed by atoms with Gasteiger partial charge in [-0.1, -0.05) is 11.6 Å². The largest absolute Gasteiger partial charge is 0.368 e. The van der Waals surface area contributed by atoms with Crippen LogP contribution >= 0.6 is 11.6 Å². The number of hydrogen-bond donors (Lipinski definition) is 3. The third-order valence-corrected chi connectivity index (χ3v) is 5.63. The summed E-state index contributed by atoms with van der Waals surface area (Å²) in [5, 5.41) is 9.89. The zero-order valence-electron chi connectivity index (χ0n) is 19.0. The molecule has 0 saturated carbocycles. The van der Waals surface area contributed by atoms with Gasteiger partial charge in [-0.3, -0.25) is 9.59 Å². The van der Waals surface area contributed by atoms with E-state index in [1.807, 2.05) is 26.0 Å². The van der Waals surface area contributed by atoms with Crippen molar-refractivity contribution in [3.8, 4) is 0 Å². The number of anilines is 4. The lowest BCUT2D eigenvalue weighted by atomic mass is 10.1.